The third kappa shape index (κ3) is 1.98. The zero-order chi connectivity index (χ0) is 10.8. The van der Waals surface area contributed by atoms with Crippen molar-refractivity contribution in [3.05, 3.63) is 34.7 Å². The van der Waals surface area contributed by atoms with Gasteiger partial charge in [-0.3, -0.25) is 0 Å². The van der Waals surface area contributed by atoms with Gasteiger partial charge in [-0.1, -0.05) is 23.2 Å². The van der Waals surface area contributed by atoms with E-state index in [9.17, 15) is 4.79 Å². The predicted octanol–water partition coefficient (Wildman–Crippen LogP) is 2.46. The number of rotatable bonds is 2. The molecule has 1 aromatic rings. The fourth-order valence-electron chi connectivity index (χ4n) is 1.44. The van der Waals surface area contributed by atoms with Crippen LogP contribution >= 0.6 is 23.2 Å². The quantitative estimate of drug-likeness (QED) is 0.346. The first-order chi connectivity index (χ1) is 7.22. The monoisotopic (exact) mass is 242 g/mol. The van der Waals surface area contributed by atoms with Gasteiger partial charge in [-0.05, 0) is 18.2 Å². The number of aldehydes is 1. The lowest BCUT2D eigenvalue weighted by atomic mass is 10.1. The lowest BCUT2D eigenvalue weighted by molar-refractivity contribution is -0.108. The van der Waals surface area contributed by atoms with Crippen LogP contribution < -0.4 is 0 Å². The lowest BCUT2D eigenvalue weighted by Crippen LogP contribution is -2.25. The Morgan fingerprint density at radius 1 is 1.53 bits per heavy atom. The first kappa shape index (κ1) is 10.5. The fraction of sp³-hybridized carbons (Fsp3) is 0.200. The molecule has 15 heavy (non-hydrogen) atoms. The van der Waals surface area contributed by atoms with Crippen LogP contribution in [0.25, 0.3) is 6.08 Å². The summed E-state index contributed by atoms with van der Waals surface area (Å²) < 4.78 is 0. The van der Waals surface area contributed by atoms with Crippen molar-refractivity contribution in [2.75, 3.05) is 6.54 Å². The van der Waals surface area contributed by atoms with Crippen molar-refractivity contribution in [2.45, 2.75) is 5.50 Å². The molecule has 0 spiro atoms. The van der Waals surface area contributed by atoms with Crippen LogP contribution in [-0.2, 0) is 4.79 Å². The van der Waals surface area contributed by atoms with Crippen LogP contribution in [0.3, 0.4) is 0 Å². The van der Waals surface area contributed by atoms with E-state index in [1.165, 1.54) is 0 Å². The summed E-state index contributed by atoms with van der Waals surface area (Å²) in [4.78, 5) is 16.3. The van der Waals surface area contributed by atoms with E-state index in [1.807, 2.05) is 12.1 Å². The van der Waals surface area contributed by atoms with Crippen molar-refractivity contribution >= 4 is 35.6 Å². The Hall–Kier alpha value is -1.06. The second-order valence-corrected chi connectivity index (χ2v) is 3.92. The van der Waals surface area contributed by atoms with Crippen LogP contribution in [0.5, 0.6) is 0 Å². The molecule has 0 fully saturated rings. The molecule has 1 unspecified atom stereocenters. The third-order valence-electron chi connectivity index (χ3n) is 2.17. The number of pyridine rings is 1. The molecule has 0 N–H and O–H groups in total. The highest BCUT2D eigenvalue weighted by atomic mass is 35.5. The Bertz CT molecular complexity index is 420. The molecule has 1 aromatic heterocycles. The summed E-state index contributed by atoms with van der Waals surface area (Å²) in [6, 6.07) is 3.57. The van der Waals surface area contributed by atoms with Crippen molar-refractivity contribution in [3.8, 4) is 0 Å². The van der Waals surface area contributed by atoms with Gasteiger partial charge in [-0.15, -0.1) is 0 Å². The summed E-state index contributed by atoms with van der Waals surface area (Å²) in [5.41, 5.74) is 1.18. The number of aromatic nitrogens is 1. The number of carbonyl (C=O) groups excluding carboxylic acids is 1. The van der Waals surface area contributed by atoms with Crippen LogP contribution in [0.4, 0.5) is 0 Å². The third-order valence-corrected chi connectivity index (χ3v) is 2.84. The van der Waals surface area contributed by atoms with E-state index in [0.29, 0.717) is 10.8 Å². The number of hydrogen-bond donors (Lipinski definition) is 0. The average Bonchev–Trinajstić information content (AvgIpc) is 2.23. The van der Waals surface area contributed by atoms with Gasteiger partial charge in [0.2, 0.25) is 0 Å². The summed E-state index contributed by atoms with van der Waals surface area (Å²) in [6.45, 7) is 0.248. The Kier molecular flexibility index (Phi) is 2.93. The molecule has 1 atom stereocenters. The normalized spacial score (nSPS) is 18.8. The topological polar surface area (TPSA) is 33.2 Å². The van der Waals surface area contributed by atoms with Crippen LogP contribution in [0.1, 0.15) is 16.8 Å². The largest absolute Gasteiger partial charge is 0.349 e. The molecule has 5 heteroatoms. The summed E-state index contributed by atoms with van der Waals surface area (Å²) in [6.07, 6.45) is 4.44. The van der Waals surface area contributed by atoms with E-state index in [1.54, 1.807) is 17.2 Å². The van der Waals surface area contributed by atoms with E-state index >= 15 is 0 Å². The van der Waals surface area contributed by atoms with Gasteiger partial charge in [0.15, 0.2) is 0 Å². The molecular weight excluding hydrogens is 235 g/mol. The molecule has 2 heterocycles. The number of nitrogens with zero attached hydrogens (tertiary/aromatic N) is 2. The minimum Gasteiger partial charge on any atom is -0.349 e. The van der Waals surface area contributed by atoms with Gasteiger partial charge < -0.3 is 9.69 Å². The highest BCUT2D eigenvalue weighted by Gasteiger charge is 2.22. The van der Waals surface area contributed by atoms with Crippen LogP contribution in [0, 0.1) is 0 Å². The fourth-order valence-corrected chi connectivity index (χ4v) is 1.91. The minimum atomic E-state index is -0.436. The van der Waals surface area contributed by atoms with Gasteiger partial charge in [-0.25, -0.2) is 4.98 Å². The van der Waals surface area contributed by atoms with E-state index in [-0.39, 0.29) is 6.54 Å². The highest BCUT2D eigenvalue weighted by Crippen LogP contribution is 2.32. The molecule has 78 valence electrons. The molecule has 0 saturated heterocycles. The van der Waals surface area contributed by atoms with E-state index < -0.39 is 5.50 Å². The van der Waals surface area contributed by atoms with Crippen molar-refractivity contribution in [1.29, 1.82) is 0 Å². The van der Waals surface area contributed by atoms with E-state index in [0.717, 1.165) is 11.8 Å². The summed E-state index contributed by atoms with van der Waals surface area (Å²) in [7, 11) is 0. The minimum absolute atomic E-state index is 0.248. The van der Waals surface area contributed by atoms with Gasteiger partial charge >= 0.3 is 0 Å². The molecule has 0 saturated carbocycles. The van der Waals surface area contributed by atoms with Gasteiger partial charge in [0.05, 0.1) is 12.2 Å². The summed E-state index contributed by atoms with van der Waals surface area (Å²) in [5.74, 6) is 0. The maximum Gasteiger partial charge on any atom is 0.147 e. The molecule has 0 aliphatic carbocycles. The summed E-state index contributed by atoms with van der Waals surface area (Å²) in [5, 5.41) is 0.403. The van der Waals surface area contributed by atoms with Crippen LogP contribution in [0.15, 0.2) is 18.3 Å². The number of carbonyl (C=O) groups is 1. The van der Waals surface area contributed by atoms with Crippen LogP contribution in [-0.4, -0.2) is 22.7 Å². The number of fused-ring (bicyclic) bond motifs is 1. The number of hydrogen-bond acceptors (Lipinski definition) is 3. The molecule has 0 aromatic carbocycles. The molecular formula is C10H8Cl2N2O. The van der Waals surface area contributed by atoms with Gasteiger partial charge in [0, 0.05) is 11.8 Å². The Balaban J connectivity index is 2.38. The molecule has 0 bridgehead atoms. The molecule has 3 nitrogen and oxygen atoms in total. The van der Waals surface area contributed by atoms with Crippen molar-refractivity contribution in [1.82, 2.24) is 9.88 Å². The van der Waals surface area contributed by atoms with E-state index in [2.05, 4.69) is 4.98 Å². The number of halogens is 2. The van der Waals surface area contributed by atoms with Gasteiger partial charge in [-0.2, -0.15) is 0 Å². The van der Waals surface area contributed by atoms with Crippen LogP contribution in [0.2, 0.25) is 5.15 Å². The van der Waals surface area contributed by atoms with Gasteiger partial charge in [0.1, 0.15) is 16.9 Å². The first-order valence-corrected chi connectivity index (χ1v) is 5.22. The lowest BCUT2D eigenvalue weighted by Gasteiger charge is -2.27. The first-order valence-electron chi connectivity index (χ1n) is 4.40. The predicted molar refractivity (Wildman–Crippen MR) is 59.6 cm³/mol. The van der Waals surface area contributed by atoms with Crippen molar-refractivity contribution in [3.63, 3.8) is 0 Å². The highest BCUT2D eigenvalue weighted by molar-refractivity contribution is 6.29. The molecule has 1 aliphatic rings. The number of alkyl halides is 1. The SMILES string of the molecule is O=CCN1C=Cc2ccc(Cl)nc2C1Cl. The zero-order valence-corrected chi connectivity index (χ0v) is 9.24. The van der Waals surface area contributed by atoms with E-state index in [4.69, 9.17) is 23.2 Å². The summed E-state index contributed by atoms with van der Waals surface area (Å²) >= 11 is 11.9. The molecule has 0 radical (unpaired) electrons. The Labute approximate surface area is 97.3 Å². The molecule has 0 amide bonds. The smallest absolute Gasteiger partial charge is 0.147 e. The standard InChI is InChI=1S/C10H8Cl2N2O/c11-8-2-1-7-3-4-14(5-6-15)10(12)9(7)13-8/h1-4,6,10H,5H2. The second kappa shape index (κ2) is 4.21. The second-order valence-electron chi connectivity index (χ2n) is 3.12. The Morgan fingerprint density at radius 2 is 2.33 bits per heavy atom. The van der Waals surface area contributed by atoms with Gasteiger partial charge in [0.25, 0.3) is 0 Å². The molecule has 1 aliphatic heterocycles. The molecule has 2 rings (SSSR count). The zero-order valence-electron chi connectivity index (χ0n) is 7.73. The maximum atomic E-state index is 10.4. The van der Waals surface area contributed by atoms with Crippen molar-refractivity contribution < 1.29 is 4.79 Å². The average molecular weight is 243 g/mol. The Morgan fingerprint density at radius 3 is 3.07 bits per heavy atom. The maximum absolute atomic E-state index is 10.4. The van der Waals surface area contributed by atoms with Crippen molar-refractivity contribution in [2.24, 2.45) is 0 Å².